The third kappa shape index (κ3) is 2.89. The van der Waals surface area contributed by atoms with Crippen LogP contribution in [0.5, 0.6) is 0 Å². The Bertz CT molecular complexity index is 453. The highest BCUT2D eigenvalue weighted by atomic mass is 16.5. The Labute approximate surface area is 104 Å². The van der Waals surface area contributed by atoms with Gasteiger partial charge in [0.25, 0.3) is 5.91 Å². The van der Waals surface area contributed by atoms with E-state index in [0.29, 0.717) is 25.1 Å². The lowest BCUT2D eigenvalue weighted by Crippen LogP contribution is -2.32. The lowest BCUT2D eigenvalue weighted by molar-refractivity contribution is -0.149. The number of nitrogens with one attached hydrogen (secondary N) is 1. The summed E-state index contributed by atoms with van der Waals surface area (Å²) in [7, 11) is 0. The number of ether oxygens (including phenoxy) is 1. The summed E-state index contributed by atoms with van der Waals surface area (Å²) in [4.78, 5) is 22.3. The number of aryl methyl sites for hydroxylation is 1. The van der Waals surface area contributed by atoms with Crippen molar-refractivity contribution in [1.82, 2.24) is 5.32 Å². The van der Waals surface area contributed by atoms with Gasteiger partial charge < -0.3 is 19.6 Å². The third-order valence-electron chi connectivity index (χ3n) is 2.84. The van der Waals surface area contributed by atoms with Gasteiger partial charge >= 0.3 is 5.97 Å². The van der Waals surface area contributed by atoms with Gasteiger partial charge in [-0.15, -0.1) is 0 Å². The number of hydrogen-bond donors (Lipinski definition) is 2. The highest BCUT2D eigenvalue weighted by Crippen LogP contribution is 2.19. The zero-order valence-corrected chi connectivity index (χ0v) is 10.0. The Morgan fingerprint density at radius 3 is 2.78 bits per heavy atom. The average Bonchev–Trinajstić information content (AvgIpc) is 2.94. The molecule has 1 aliphatic heterocycles. The van der Waals surface area contributed by atoms with Crippen molar-refractivity contribution in [2.45, 2.75) is 32.0 Å². The minimum atomic E-state index is -0.953. The summed E-state index contributed by atoms with van der Waals surface area (Å²) in [6, 6.07) is 3.31. The first-order chi connectivity index (χ1) is 8.56. The molecule has 1 aliphatic rings. The molecule has 98 valence electrons. The summed E-state index contributed by atoms with van der Waals surface area (Å²) < 4.78 is 10.4. The SMILES string of the molecule is Cc1ccc(C(=O)NCC2CCC(C(=O)O)O2)o1. The second kappa shape index (κ2) is 5.22. The van der Waals surface area contributed by atoms with E-state index in [0.717, 1.165) is 0 Å². The summed E-state index contributed by atoms with van der Waals surface area (Å²) in [5, 5.41) is 11.4. The van der Waals surface area contributed by atoms with Gasteiger partial charge in [-0.05, 0) is 31.9 Å². The number of amides is 1. The number of hydrogen-bond acceptors (Lipinski definition) is 4. The fourth-order valence-electron chi connectivity index (χ4n) is 1.89. The number of carbonyl (C=O) groups is 2. The second-order valence-electron chi connectivity index (χ2n) is 4.28. The molecule has 18 heavy (non-hydrogen) atoms. The van der Waals surface area contributed by atoms with Crippen molar-refractivity contribution in [3.63, 3.8) is 0 Å². The van der Waals surface area contributed by atoms with E-state index in [1.807, 2.05) is 0 Å². The summed E-state index contributed by atoms with van der Waals surface area (Å²) in [6.07, 6.45) is 0.119. The average molecular weight is 253 g/mol. The van der Waals surface area contributed by atoms with Crippen molar-refractivity contribution >= 4 is 11.9 Å². The summed E-state index contributed by atoms with van der Waals surface area (Å²) >= 11 is 0. The first-order valence-electron chi connectivity index (χ1n) is 5.79. The third-order valence-corrected chi connectivity index (χ3v) is 2.84. The van der Waals surface area contributed by atoms with E-state index in [2.05, 4.69) is 5.32 Å². The quantitative estimate of drug-likeness (QED) is 0.834. The van der Waals surface area contributed by atoms with Crippen molar-refractivity contribution in [1.29, 1.82) is 0 Å². The number of rotatable bonds is 4. The van der Waals surface area contributed by atoms with E-state index in [-0.39, 0.29) is 17.8 Å². The smallest absolute Gasteiger partial charge is 0.332 e. The molecule has 2 rings (SSSR count). The maximum atomic E-state index is 11.7. The predicted molar refractivity (Wildman–Crippen MR) is 61.3 cm³/mol. The molecule has 1 amide bonds. The van der Waals surface area contributed by atoms with Crippen LogP contribution < -0.4 is 5.32 Å². The van der Waals surface area contributed by atoms with Crippen LogP contribution in [0.1, 0.15) is 29.2 Å². The highest BCUT2D eigenvalue weighted by Gasteiger charge is 2.30. The van der Waals surface area contributed by atoms with Crippen LogP contribution in [0.4, 0.5) is 0 Å². The summed E-state index contributed by atoms with van der Waals surface area (Å²) in [5.41, 5.74) is 0. The molecule has 2 atom stereocenters. The van der Waals surface area contributed by atoms with Gasteiger partial charge in [-0.2, -0.15) is 0 Å². The van der Waals surface area contributed by atoms with Crippen LogP contribution in [0.2, 0.25) is 0 Å². The Morgan fingerprint density at radius 1 is 1.44 bits per heavy atom. The first-order valence-corrected chi connectivity index (χ1v) is 5.79. The lowest BCUT2D eigenvalue weighted by atomic mass is 10.2. The molecule has 1 aromatic heterocycles. The number of aliphatic carboxylic acids is 1. The van der Waals surface area contributed by atoms with Crippen LogP contribution in [0, 0.1) is 6.92 Å². The number of carboxylic acids is 1. The molecule has 1 aromatic rings. The predicted octanol–water partition coefficient (Wildman–Crippen LogP) is 0.950. The molecular formula is C12H15NO5. The van der Waals surface area contributed by atoms with Gasteiger partial charge in [0.05, 0.1) is 6.10 Å². The molecule has 0 radical (unpaired) electrons. The molecule has 0 spiro atoms. The van der Waals surface area contributed by atoms with E-state index in [1.165, 1.54) is 0 Å². The van der Waals surface area contributed by atoms with Crippen LogP contribution in [-0.2, 0) is 9.53 Å². The van der Waals surface area contributed by atoms with Gasteiger partial charge in [-0.25, -0.2) is 4.79 Å². The maximum absolute atomic E-state index is 11.7. The standard InChI is InChI=1S/C12H15NO5/c1-7-2-4-9(17-7)11(14)13-6-8-3-5-10(18-8)12(15)16/h2,4,8,10H,3,5-6H2,1H3,(H,13,14)(H,15,16). The molecule has 0 saturated carbocycles. The van der Waals surface area contributed by atoms with Crippen molar-refractivity contribution in [3.05, 3.63) is 23.7 Å². The van der Waals surface area contributed by atoms with Gasteiger partial charge in [0, 0.05) is 6.54 Å². The molecule has 2 unspecified atom stereocenters. The largest absolute Gasteiger partial charge is 0.479 e. The fourth-order valence-corrected chi connectivity index (χ4v) is 1.89. The Hall–Kier alpha value is -1.82. The molecule has 2 N–H and O–H groups in total. The van der Waals surface area contributed by atoms with Crippen LogP contribution in [-0.4, -0.2) is 35.7 Å². The second-order valence-corrected chi connectivity index (χ2v) is 4.28. The number of carboxylic acid groups (broad SMARTS) is 1. The van der Waals surface area contributed by atoms with E-state index in [9.17, 15) is 9.59 Å². The molecular weight excluding hydrogens is 238 g/mol. The molecule has 6 heteroatoms. The maximum Gasteiger partial charge on any atom is 0.332 e. The number of carbonyl (C=O) groups excluding carboxylic acids is 1. The van der Waals surface area contributed by atoms with Crippen LogP contribution in [0.25, 0.3) is 0 Å². The topological polar surface area (TPSA) is 88.8 Å². The molecule has 2 heterocycles. The molecule has 0 aromatic carbocycles. The first kappa shape index (κ1) is 12.6. The Morgan fingerprint density at radius 2 is 2.22 bits per heavy atom. The highest BCUT2D eigenvalue weighted by molar-refractivity contribution is 5.91. The van der Waals surface area contributed by atoms with Gasteiger partial charge in [0.1, 0.15) is 5.76 Å². The van der Waals surface area contributed by atoms with Gasteiger partial charge in [0.15, 0.2) is 11.9 Å². The van der Waals surface area contributed by atoms with Gasteiger partial charge in [-0.3, -0.25) is 4.79 Å². The van der Waals surface area contributed by atoms with Crippen LogP contribution in [0.3, 0.4) is 0 Å². The van der Waals surface area contributed by atoms with E-state index in [1.54, 1.807) is 19.1 Å². The molecule has 0 aliphatic carbocycles. The molecule has 0 bridgehead atoms. The van der Waals surface area contributed by atoms with Crippen molar-refractivity contribution < 1.29 is 23.8 Å². The van der Waals surface area contributed by atoms with E-state index >= 15 is 0 Å². The van der Waals surface area contributed by atoms with Crippen LogP contribution in [0.15, 0.2) is 16.5 Å². The zero-order chi connectivity index (χ0) is 13.1. The van der Waals surface area contributed by atoms with E-state index < -0.39 is 12.1 Å². The van der Waals surface area contributed by atoms with Gasteiger partial charge in [-0.1, -0.05) is 0 Å². The monoisotopic (exact) mass is 253 g/mol. The Kier molecular flexibility index (Phi) is 3.66. The Balaban J connectivity index is 1.79. The molecule has 1 saturated heterocycles. The van der Waals surface area contributed by atoms with Crippen molar-refractivity contribution in [2.24, 2.45) is 0 Å². The minimum Gasteiger partial charge on any atom is -0.479 e. The minimum absolute atomic E-state index is 0.244. The summed E-state index contributed by atoms with van der Waals surface area (Å²) in [5.74, 6) is -0.348. The van der Waals surface area contributed by atoms with Crippen LogP contribution >= 0.6 is 0 Å². The van der Waals surface area contributed by atoms with Crippen molar-refractivity contribution in [2.75, 3.05) is 6.54 Å². The molecule has 1 fully saturated rings. The zero-order valence-electron chi connectivity index (χ0n) is 10.0. The lowest BCUT2D eigenvalue weighted by Gasteiger charge is -2.11. The van der Waals surface area contributed by atoms with Gasteiger partial charge in [0.2, 0.25) is 0 Å². The summed E-state index contributed by atoms with van der Waals surface area (Å²) in [6.45, 7) is 2.05. The van der Waals surface area contributed by atoms with E-state index in [4.69, 9.17) is 14.3 Å². The fraction of sp³-hybridized carbons (Fsp3) is 0.500. The van der Waals surface area contributed by atoms with Crippen molar-refractivity contribution in [3.8, 4) is 0 Å². The normalized spacial score (nSPS) is 22.9. The number of furan rings is 1. The molecule has 6 nitrogen and oxygen atoms in total.